The summed E-state index contributed by atoms with van der Waals surface area (Å²) in [6.07, 6.45) is 6.33. The fourth-order valence-electron chi connectivity index (χ4n) is 4.73. The number of fused-ring (bicyclic) bond motifs is 1. The molecule has 0 radical (unpaired) electrons. The van der Waals surface area contributed by atoms with Gasteiger partial charge < -0.3 is 24.6 Å². The van der Waals surface area contributed by atoms with Crippen LogP contribution in [0.1, 0.15) is 32.1 Å². The average Bonchev–Trinajstić information content (AvgIpc) is 3.25. The van der Waals surface area contributed by atoms with Crippen LogP contribution in [0.5, 0.6) is 5.75 Å². The third-order valence-corrected chi connectivity index (χ3v) is 6.37. The molecule has 0 heterocycles. The first kappa shape index (κ1) is 23.7. The Morgan fingerprint density at radius 2 is 2.00 bits per heavy atom. The highest BCUT2D eigenvalue weighted by atomic mass is 19.1. The molecule has 2 fully saturated rings. The highest BCUT2D eigenvalue weighted by molar-refractivity contribution is 5.75. The Morgan fingerprint density at radius 1 is 1.26 bits per heavy atom. The van der Waals surface area contributed by atoms with Gasteiger partial charge in [0.15, 0.2) is 0 Å². The molecule has 1 aromatic carbocycles. The van der Waals surface area contributed by atoms with Crippen LogP contribution < -0.4 is 4.74 Å². The van der Waals surface area contributed by atoms with Crippen molar-refractivity contribution in [1.82, 2.24) is 4.90 Å². The van der Waals surface area contributed by atoms with E-state index in [4.69, 9.17) is 9.47 Å². The van der Waals surface area contributed by atoms with Crippen molar-refractivity contribution in [3.05, 3.63) is 42.2 Å². The summed E-state index contributed by atoms with van der Waals surface area (Å²) in [6.45, 7) is 0.642. The van der Waals surface area contributed by atoms with Crippen molar-refractivity contribution in [2.24, 2.45) is 17.8 Å². The molecule has 1 aromatic rings. The summed E-state index contributed by atoms with van der Waals surface area (Å²) in [5.41, 5.74) is 0. The van der Waals surface area contributed by atoms with Gasteiger partial charge in [-0.2, -0.15) is 0 Å². The van der Waals surface area contributed by atoms with Gasteiger partial charge in [0.2, 0.25) is 5.91 Å². The number of rotatable bonds is 10. The molecular formula is C24H34FNO5. The number of aliphatic hydroxyl groups is 2. The van der Waals surface area contributed by atoms with E-state index >= 15 is 0 Å². The van der Waals surface area contributed by atoms with E-state index in [9.17, 15) is 19.4 Å². The summed E-state index contributed by atoms with van der Waals surface area (Å²) in [7, 11) is 3.51. The minimum atomic E-state index is -0.806. The van der Waals surface area contributed by atoms with Crippen molar-refractivity contribution in [2.45, 2.75) is 50.4 Å². The largest absolute Gasteiger partial charge is 0.491 e. The zero-order valence-electron chi connectivity index (χ0n) is 18.3. The lowest BCUT2D eigenvalue weighted by atomic mass is 9.90. The van der Waals surface area contributed by atoms with E-state index in [1.165, 1.54) is 24.3 Å². The lowest BCUT2D eigenvalue weighted by molar-refractivity contribution is -0.129. The highest BCUT2D eigenvalue weighted by Crippen LogP contribution is 2.49. The van der Waals surface area contributed by atoms with E-state index in [1.54, 1.807) is 25.1 Å². The van der Waals surface area contributed by atoms with Gasteiger partial charge in [-0.05, 0) is 61.8 Å². The number of carbonyl (C=O) groups excluding carboxylic acids is 1. The maximum atomic E-state index is 12.9. The Bertz CT molecular complexity index is 738. The van der Waals surface area contributed by atoms with Crippen molar-refractivity contribution >= 4 is 5.91 Å². The molecule has 6 atom stereocenters. The van der Waals surface area contributed by atoms with Gasteiger partial charge in [-0.15, -0.1) is 0 Å². The minimum absolute atomic E-state index is 0.00519. The number of aliphatic hydroxyl groups excluding tert-OH is 2. The Morgan fingerprint density at radius 3 is 2.71 bits per heavy atom. The molecule has 2 aliphatic carbocycles. The smallest absolute Gasteiger partial charge is 0.222 e. The minimum Gasteiger partial charge on any atom is -0.491 e. The predicted molar refractivity (Wildman–Crippen MR) is 115 cm³/mol. The van der Waals surface area contributed by atoms with Crippen LogP contribution in [-0.2, 0) is 9.53 Å². The number of hydrogen-bond acceptors (Lipinski definition) is 5. The SMILES string of the molecule is CN(C)C(=O)CCCOC1C[C@H]2C[C@@H](O)[C@H](C=CC(O)COc3ccc(F)cc3)[C@@H]2C1. The summed E-state index contributed by atoms with van der Waals surface area (Å²) < 4.78 is 24.4. The molecule has 0 aliphatic heterocycles. The molecule has 2 saturated carbocycles. The first-order valence-corrected chi connectivity index (χ1v) is 11.1. The van der Waals surface area contributed by atoms with E-state index in [1.807, 2.05) is 6.08 Å². The number of amides is 1. The lowest BCUT2D eigenvalue weighted by Gasteiger charge is -2.19. The van der Waals surface area contributed by atoms with Gasteiger partial charge in [0.25, 0.3) is 0 Å². The second kappa shape index (κ2) is 11.1. The van der Waals surface area contributed by atoms with Gasteiger partial charge in [-0.3, -0.25) is 4.79 Å². The van der Waals surface area contributed by atoms with Crippen molar-refractivity contribution in [3.63, 3.8) is 0 Å². The second-order valence-electron chi connectivity index (χ2n) is 8.88. The molecule has 2 aliphatic rings. The number of carbonyl (C=O) groups is 1. The summed E-state index contributed by atoms with van der Waals surface area (Å²) in [4.78, 5) is 13.2. The maximum Gasteiger partial charge on any atom is 0.222 e. The van der Waals surface area contributed by atoms with Crippen LogP contribution in [0.4, 0.5) is 4.39 Å². The summed E-state index contributed by atoms with van der Waals surface area (Å²) >= 11 is 0. The molecule has 0 bridgehead atoms. The van der Waals surface area contributed by atoms with Crippen LogP contribution in [0.25, 0.3) is 0 Å². The molecule has 2 N–H and O–H groups in total. The molecule has 0 aromatic heterocycles. The van der Waals surface area contributed by atoms with Gasteiger partial charge in [0.05, 0.1) is 12.2 Å². The van der Waals surface area contributed by atoms with E-state index in [0.29, 0.717) is 30.6 Å². The quantitative estimate of drug-likeness (QED) is 0.436. The van der Waals surface area contributed by atoms with E-state index in [0.717, 1.165) is 25.7 Å². The summed E-state index contributed by atoms with van der Waals surface area (Å²) in [6, 6.07) is 5.66. The van der Waals surface area contributed by atoms with E-state index in [-0.39, 0.29) is 30.4 Å². The number of ether oxygens (including phenoxy) is 2. The van der Waals surface area contributed by atoms with Crippen LogP contribution in [-0.4, -0.2) is 66.6 Å². The van der Waals surface area contributed by atoms with Gasteiger partial charge >= 0.3 is 0 Å². The molecule has 0 spiro atoms. The van der Waals surface area contributed by atoms with E-state index < -0.39 is 12.2 Å². The van der Waals surface area contributed by atoms with Crippen LogP contribution >= 0.6 is 0 Å². The first-order chi connectivity index (χ1) is 14.8. The maximum absolute atomic E-state index is 12.9. The number of nitrogens with zero attached hydrogens (tertiary/aromatic N) is 1. The molecule has 31 heavy (non-hydrogen) atoms. The topological polar surface area (TPSA) is 79.2 Å². The zero-order chi connectivity index (χ0) is 22.4. The van der Waals surface area contributed by atoms with Crippen molar-refractivity contribution in [1.29, 1.82) is 0 Å². The van der Waals surface area contributed by atoms with Crippen LogP contribution in [0.2, 0.25) is 0 Å². The number of hydrogen-bond donors (Lipinski definition) is 2. The van der Waals surface area contributed by atoms with Crippen LogP contribution in [0.15, 0.2) is 36.4 Å². The first-order valence-electron chi connectivity index (χ1n) is 11.1. The Hall–Kier alpha value is -1.96. The molecule has 3 rings (SSSR count). The lowest BCUT2D eigenvalue weighted by Crippen LogP contribution is -2.22. The molecule has 172 valence electrons. The summed E-state index contributed by atoms with van der Waals surface area (Å²) in [5, 5.41) is 20.7. The normalized spacial score (nSPS) is 28.6. The summed E-state index contributed by atoms with van der Waals surface area (Å²) in [5.74, 6) is 1.03. The monoisotopic (exact) mass is 435 g/mol. The molecule has 1 amide bonds. The Kier molecular flexibility index (Phi) is 8.46. The van der Waals surface area contributed by atoms with Crippen LogP contribution in [0, 0.1) is 23.6 Å². The second-order valence-corrected chi connectivity index (χ2v) is 8.88. The van der Waals surface area contributed by atoms with Gasteiger partial charge in [0.1, 0.15) is 24.3 Å². The fourth-order valence-corrected chi connectivity index (χ4v) is 4.73. The van der Waals surface area contributed by atoms with Crippen molar-refractivity contribution in [2.75, 3.05) is 27.3 Å². The third-order valence-electron chi connectivity index (χ3n) is 6.37. The molecule has 7 heteroatoms. The van der Waals surface area contributed by atoms with E-state index in [2.05, 4.69) is 0 Å². The van der Waals surface area contributed by atoms with Gasteiger partial charge in [0, 0.05) is 33.0 Å². The standard InChI is InChI=1S/C24H34FNO5/c1-26(2)24(29)4-3-11-30-20-12-16-13-23(28)21(22(16)14-20)10-7-18(27)15-31-19-8-5-17(25)6-9-19/h5-10,16,18,20-23,27-28H,3-4,11-15H2,1-2H3/t16-,18?,20?,21+,22+,23+/m0/s1. The third kappa shape index (κ3) is 6.76. The molecule has 0 saturated heterocycles. The Balaban J connectivity index is 1.42. The van der Waals surface area contributed by atoms with Gasteiger partial charge in [-0.1, -0.05) is 12.2 Å². The molecule has 2 unspecified atom stereocenters. The predicted octanol–water partition coefficient (Wildman–Crippen LogP) is 2.78. The average molecular weight is 436 g/mol. The number of halogens is 1. The van der Waals surface area contributed by atoms with Crippen LogP contribution in [0.3, 0.4) is 0 Å². The Labute approximate surface area is 183 Å². The number of benzene rings is 1. The van der Waals surface area contributed by atoms with Crippen molar-refractivity contribution < 1.29 is 28.9 Å². The molecular weight excluding hydrogens is 401 g/mol. The molecule has 6 nitrogen and oxygen atoms in total. The van der Waals surface area contributed by atoms with Gasteiger partial charge in [-0.25, -0.2) is 4.39 Å². The highest BCUT2D eigenvalue weighted by Gasteiger charge is 2.47. The van der Waals surface area contributed by atoms with Crippen molar-refractivity contribution in [3.8, 4) is 5.75 Å². The fraction of sp³-hybridized carbons (Fsp3) is 0.625. The zero-order valence-corrected chi connectivity index (χ0v) is 18.3.